The number of sulfonamides is 1. The highest BCUT2D eigenvalue weighted by Gasteiger charge is 2.67. The highest BCUT2D eigenvalue weighted by molar-refractivity contribution is 7.91. The van der Waals surface area contributed by atoms with Crippen molar-refractivity contribution in [3.63, 3.8) is 0 Å². The van der Waals surface area contributed by atoms with E-state index in [4.69, 9.17) is 28.4 Å². The lowest BCUT2D eigenvalue weighted by Crippen LogP contribution is -2.50. The first-order valence-corrected chi connectivity index (χ1v) is 37.7. The van der Waals surface area contributed by atoms with Gasteiger partial charge in [0.25, 0.3) is 11.8 Å². The number of carboxylic acid groups (broad SMARTS) is 1. The summed E-state index contributed by atoms with van der Waals surface area (Å²) >= 11 is 0. The fourth-order valence-corrected chi connectivity index (χ4v) is 16.9. The smallest absolute Gasteiger partial charge is 0.326 e. The maximum atomic E-state index is 16.4. The lowest BCUT2D eigenvalue weighted by molar-refractivity contribution is -0.157. The number of Topliss-reactive ketones (excluding diaryl/α,β-unsaturated/α-hetero) is 1. The second-order valence-electron chi connectivity index (χ2n) is 32.2. The zero-order chi connectivity index (χ0) is 75.7. The molecule has 6 fully saturated rings. The van der Waals surface area contributed by atoms with E-state index in [1.165, 1.54) is 43.1 Å². The summed E-state index contributed by atoms with van der Waals surface area (Å²) in [6, 6.07) is 6.56. The number of rotatable bonds is 12. The minimum absolute atomic E-state index is 0. The molecule has 2 aromatic heterocycles. The molecule has 3 amide bonds. The molecule has 4 aliphatic carbocycles. The van der Waals surface area contributed by atoms with E-state index in [0.717, 1.165) is 0 Å². The molecule has 2 saturated heterocycles. The zero-order valence-corrected chi connectivity index (χ0v) is 61.4. The normalized spacial score (nSPS) is 30.1. The minimum atomic E-state index is -4.27. The van der Waals surface area contributed by atoms with Gasteiger partial charge in [-0.1, -0.05) is 83.1 Å². The summed E-state index contributed by atoms with van der Waals surface area (Å²) in [6.07, 6.45) is -4.22. The van der Waals surface area contributed by atoms with E-state index >= 15 is 17.6 Å². The number of fused-ring (bicyclic) bond motifs is 10. The summed E-state index contributed by atoms with van der Waals surface area (Å²) in [6.45, 7) is 15.0. The molecule has 14 atom stereocenters. The zero-order valence-electron chi connectivity index (χ0n) is 60.6. The molecule has 0 radical (unpaired) electrons. The van der Waals surface area contributed by atoms with E-state index in [0.29, 0.717) is 50.0 Å². The molecule has 6 heterocycles. The number of aliphatic carboxylic acids is 1. The van der Waals surface area contributed by atoms with Crippen LogP contribution >= 0.6 is 0 Å². The van der Waals surface area contributed by atoms with Crippen molar-refractivity contribution in [3.05, 3.63) is 47.8 Å². The predicted octanol–water partition coefficient (Wildman–Crippen LogP) is 13.1. The van der Waals surface area contributed by atoms with Gasteiger partial charge < -0.3 is 43.3 Å². The number of carbonyl (C=O) groups excluding carboxylic acids is 6. The van der Waals surface area contributed by atoms with E-state index in [1.807, 2.05) is 25.5 Å². The van der Waals surface area contributed by atoms with Crippen LogP contribution in [0.25, 0.3) is 22.1 Å². The summed E-state index contributed by atoms with van der Waals surface area (Å²) < 4.78 is 155. The number of benzene rings is 2. The number of halogens is 6. The monoisotopic (exact) mass is 1520 g/mol. The molecule has 106 heavy (non-hydrogen) atoms. The van der Waals surface area contributed by atoms with Gasteiger partial charge in [-0.2, -0.15) is 17.6 Å². The van der Waals surface area contributed by atoms with Crippen molar-refractivity contribution in [1.82, 2.24) is 34.5 Å². The molecular weight excluding hydrogens is 1410 g/mol. The van der Waals surface area contributed by atoms with E-state index in [1.54, 1.807) is 58.9 Å². The van der Waals surface area contributed by atoms with Gasteiger partial charge in [0.2, 0.25) is 45.9 Å². The van der Waals surface area contributed by atoms with Crippen LogP contribution in [0.2, 0.25) is 0 Å². The van der Waals surface area contributed by atoms with Crippen molar-refractivity contribution in [2.75, 3.05) is 27.3 Å². The van der Waals surface area contributed by atoms with E-state index in [-0.39, 0.29) is 119 Å². The molecule has 4 aromatic rings. The fraction of sp³-hybridized carbons (Fsp3) is 0.697. The lowest BCUT2D eigenvalue weighted by Gasteiger charge is -2.35. The summed E-state index contributed by atoms with van der Waals surface area (Å²) in [7, 11) is -1.36. The number of methoxy groups -OCH3 is 2. The molecule has 586 valence electrons. The topological polar surface area (TPSA) is 299 Å². The summed E-state index contributed by atoms with van der Waals surface area (Å²) in [5.41, 5.74) is -4.16. The van der Waals surface area contributed by atoms with Gasteiger partial charge in [0, 0.05) is 49.1 Å². The second-order valence-corrected chi connectivity index (χ2v) is 34.3. The number of nitrogens with one attached hydrogen (secondary N) is 1. The Kier molecular flexibility index (Phi) is 24.2. The SMILES string of the molecule is C.C.CC[C@@H]1[C@@H]2CN(C(=O)[C@H](C(C)(C)C)CC(=O)O[C@@H]3C[C@H]3CCCCC(F)(F)c3nc4ccc(OC)cc4nc3O2)[C@@H]1C(=O)C[C@]1(C(=O)NS(=O)(=O)C2(C)CC2)C[C@H]1C(F)F.CC[C@@H]1[C@@H]2CN(C(=O)[C@H](C(C)(C)C)CC(=O)O[C@@H]3C[C@H]3CCCCC(F)(F)c3nc4ccc(OC)cc4nc3O2)[C@@H]1C(=O)O. The van der Waals surface area contributed by atoms with Crippen LogP contribution in [0.15, 0.2) is 36.4 Å². The molecule has 30 heteroatoms. The molecule has 23 nitrogen and oxygen atoms in total. The summed E-state index contributed by atoms with van der Waals surface area (Å²) in [5, 5.41) is 10.3. The highest BCUT2D eigenvalue weighted by atomic mass is 32.2. The first-order chi connectivity index (χ1) is 48.8. The number of alkyl halides is 6. The van der Waals surface area contributed by atoms with Gasteiger partial charge in [-0.15, -0.1) is 0 Å². The molecule has 4 aliphatic heterocycles. The molecule has 12 rings (SSSR count). The summed E-state index contributed by atoms with van der Waals surface area (Å²) in [4.78, 5) is 117. The van der Waals surface area contributed by atoms with Gasteiger partial charge in [0.05, 0.1) is 90.3 Å². The van der Waals surface area contributed by atoms with Crippen molar-refractivity contribution in [3.8, 4) is 23.3 Å². The molecule has 4 saturated carbocycles. The Morgan fingerprint density at radius 3 is 1.43 bits per heavy atom. The number of hydrogen-bond acceptors (Lipinski definition) is 19. The first kappa shape index (κ1) is 82.4. The van der Waals surface area contributed by atoms with Crippen LogP contribution in [0.3, 0.4) is 0 Å². The third-order valence-corrected chi connectivity index (χ3v) is 24.9. The average Bonchev–Trinajstić information content (AvgIpc) is 1.55. The van der Waals surface area contributed by atoms with Crippen molar-refractivity contribution in [1.29, 1.82) is 0 Å². The van der Waals surface area contributed by atoms with Crippen LogP contribution < -0.4 is 23.7 Å². The van der Waals surface area contributed by atoms with Gasteiger partial charge in [-0.05, 0) is 124 Å². The van der Waals surface area contributed by atoms with Crippen LogP contribution in [0.5, 0.6) is 23.3 Å². The molecule has 0 spiro atoms. The van der Waals surface area contributed by atoms with Crippen molar-refractivity contribution >= 4 is 73.5 Å². The Morgan fingerprint density at radius 2 is 1.06 bits per heavy atom. The number of nitrogens with zero attached hydrogens (tertiary/aromatic N) is 6. The maximum Gasteiger partial charge on any atom is 0.326 e. The van der Waals surface area contributed by atoms with Gasteiger partial charge >= 0.3 is 17.9 Å². The van der Waals surface area contributed by atoms with Gasteiger partial charge in [0.15, 0.2) is 17.2 Å². The van der Waals surface area contributed by atoms with Gasteiger partial charge in [-0.25, -0.2) is 41.9 Å². The Balaban J connectivity index is 0.000000252. The highest BCUT2D eigenvalue weighted by Crippen LogP contribution is 2.60. The Morgan fingerprint density at radius 1 is 0.632 bits per heavy atom. The molecule has 2 aromatic carbocycles. The number of ether oxygens (including phenoxy) is 6. The summed E-state index contributed by atoms with van der Waals surface area (Å²) in [5.74, 6) is -17.7. The number of aromatic nitrogens is 4. The Bertz CT molecular complexity index is 4100. The second kappa shape index (κ2) is 31.1. The average molecular weight is 1520 g/mol. The number of esters is 2. The first-order valence-electron chi connectivity index (χ1n) is 36.2. The largest absolute Gasteiger partial charge is 0.497 e. The van der Waals surface area contributed by atoms with Gasteiger partial charge in [0.1, 0.15) is 42.0 Å². The molecule has 8 aliphatic rings. The van der Waals surface area contributed by atoms with E-state index in [9.17, 15) is 55.9 Å². The van der Waals surface area contributed by atoms with Crippen molar-refractivity contribution in [2.24, 2.45) is 57.7 Å². The Hall–Kier alpha value is -7.66. The number of hydrogen-bond donors (Lipinski definition) is 2. The third-order valence-electron chi connectivity index (χ3n) is 22.7. The minimum Gasteiger partial charge on any atom is -0.497 e. The lowest BCUT2D eigenvalue weighted by atomic mass is 9.77. The number of carboxylic acids is 1. The van der Waals surface area contributed by atoms with Crippen LogP contribution in [0, 0.1) is 57.7 Å². The predicted molar refractivity (Wildman–Crippen MR) is 377 cm³/mol. The van der Waals surface area contributed by atoms with Crippen molar-refractivity contribution < 1.29 is 102 Å². The molecule has 2 N–H and O–H groups in total. The fourth-order valence-electron chi connectivity index (χ4n) is 15.6. The van der Waals surface area contributed by atoms with Crippen LogP contribution in [0.4, 0.5) is 26.3 Å². The maximum absolute atomic E-state index is 16.4. The van der Waals surface area contributed by atoms with Crippen molar-refractivity contribution in [2.45, 2.75) is 252 Å². The Labute approximate surface area is 615 Å². The molecule has 4 bridgehead atoms. The third kappa shape index (κ3) is 17.2. The standard InChI is InChI=1S/C42H54F4N4O9S.C32H41F2N3O7.2CH4/c1-7-24-31-21-50(33(24)29(51)20-41(19-26(41)35(43)44)38(54)49-60(55,56)40(5)14-15-40)37(53)25(39(2,3)4)18-32(52)58-30-16-22(30)10-8-9-13-42(45,46)34-36(59-31)48-28-17-23(57-6)11-12-27(28)47-34;1-6-19-24-16-37(26(19)30(40)41)29(39)20(31(2,3)4)15-25(38)43-23-13-17(23)9-7-8-12-32(33,34)27-28(44-24)36-22-14-18(42-5)10-11-21(22)35-27;;/h11-12,17,22,24-26,30-31,33,35H,7-10,13-16,18-21H2,1-6H3,(H,49,54);10-11,14,17,19-20,23-24,26H,6-9,12-13,15-16H2,1-5H3,(H,40,41);2*1H4/t22-,24-,25-,26+,30-,31+,33+,41-;17-,19-,20-,23-,24+,26+;;/m11../s1. The van der Waals surface area contributed by atoms with Crippen LogP contribution in [0.1, 0.15) is 204 Å². The van der Waals surface area contributed by atoms with Crippen LogP contribution in [-0.4, -0.2) is 160 Å². The van der Waals surface area contributed by atoms with Gasteiger partial charge in [-0.3, -0.25) is 33.5 Å². The number of carbonyl (C=O) groups is 7. The number of ketones is 1. The quantitative estimate of drug-likeness (QED) is 0.0983. The molecule has 0 unspecified atom stereocenters. The van der Waals surface area contributed by atoms with E-state index in [2.05, 4.69) is 19.9 Å². The van der Waals surface area contributed by atoms with E-state index < -0.39 is 200 Å². The molecular formula is C76H103F6N7O16S. The van der Waals surface area contributed by atoms with Crippen LogP contribution in [-0.2, 0) is 64.9 Å². The number of amides is 3.